The monoisotopic (exact) mass is 292 g/mol. The molecule has 0 saturated heterocycles. The van der Waals surface area contributed by atoms with E-state index >= 15 is 0 Å². The number of ketones is 1. The molecule has 1 spiro atoms. The molecule has 0 atom stereocenters. The number of carbonyl (C=O) groups is 1. The van der Waals surface area contributed by atoms with Gasteiger partial charge in [0.2, 0.25) is 0 Å². The summed E-state index contributed by atoms with van der Waals surface area (Å²) in [6.45, 7) is 0. The third kappa shape index (κ3) is 1.77. The van der Waals surface area contributed by atoms with Crippen molar-refractivity contribution < 1.29 is 4.79 Å². The van der Waals surface area contributed by atoms with Crippen molar-refractivity contribution in [3.63, 3.8) is 0 Å². The molecule has 90 valence electrons. The molecule has 1 saturated carbocycles. The number of hydrogen-bond donors (Lipinski definition) is 0. The van der Waals surface area contributed by atoms with E-state index in [-0.39, 0.29) is 5.41 Å². The Hall–Kier alpha value is -0.630. The van der Waals surface area contributed by atoms with Crippen LogP contribution in [-0.4, -0.2) is 5.78 Å². The summed E-state index contributed by atoms with van der Waals surface area (Å²) in [6.07, 6.45) is 7.52. The number of hydrogen-bond acceptors (Lipinski definition) is 1. The lowest BCUT2D eigenvalue weighted by atomic mass is 9.62. The zero-order valence-corrected chi connectivity index (χ0v) is 11.6. The molecule has 2 heteroatoms. The fourth-order valence-corrected chi connectivity index (χ4v) is 3.99. The highest BCUT2D eigenvalue weighted by Gasteiger charge is 2.43. The van der Waals surface area contributed by atoms with E-state index in [1.165, 1.54) is 30.4 Å². The molecule has 0 radical (unpaired) electrons. The van der Waals surface area contributed by atoms with Crippen LogP contribution in [0.2, 0.25) is 0 Å². The topological polar surface area (TPSA) is 17.1 Å². The highest BCUT2D eigenvalue weighted by molar-refractivity contribution is 9.10. The summed E-state index contributed by atoms with van der Waals surface area (Å²) in [5.74, 6) is 0.493. The van der Waals surface area contributed by atoms with E-state index in [2.05, 4.69) is 34.1 Å². The quantitative estimate of drug-likeness (QED) is 0.701. The molecule has 0 heterocycles. The minimum Gasteiger partial charge on any atom is -0.299 e. The van der Waals surface area contributed by atoms with E-state index in [0.717, 1.165) is 30.2 Å². The van der Waals surface area contributed by atoms with Crippen molar-refractivity contribution in [1.29, 1.82) is 0 Å². The van der Waals surface area contributed by atoms with Crippen molar-refractivity contribution in [2.45, 2.75) is 50.4 Å². The number of aryl methyl sites for hydroxylation is 1. The maximum Gasteiger partial charge on any atom is 0.143 e. The van der Waals surface area contributed by atoms with Crippen molar-refractivity contribution in [2.24, 2.45) is 0 Å². The van der Waals surface area contributed by atoms with E-state index in [9.17, 15) is 4.79 Å². The average molecular weight is 293 g/mol. The third-order valence-corrected chi connectivity index (χ3v) is 4.94. The Morgan fingerprint density at radius 1 is 1.06 bits per heavy atom. The first-order valence-electron chi connectivity index (χ1n) is 6.55. The fourth-order valence-electron chi connectivity index (χ4n) is 3.58. The Morgan fingerprint density at radius 2 is 1.82 bits per heavy atom. The molecule has 1 nitrogen and oxygen atoms in total. The van der Waals surface area contributed by atoms with Gasteiger partial charge < -0.3 is 0 Å². The summed E-state index contributed by atoms with van der Waals surface area (Å²) >= 11 is 3.53. The van der Waals surface area contributed by atoms with E-state index in [0.29, 0.717) is 5.78 Å². The maximum atomic E-state index is 12.4. The second kappa shape index (κ2) is 4.24. The summed E-state index contributed by atoms with van der Waals surface area (Å²) in [6, 6.07) is 6.48. The first-order chi connectivity index (χ1) is 8.22. The van der Waals surface area contributed by atoms with Gasteiger partial charge in [0, 0.05) is 10.9 Å². The summed E-state index contributed by atoms with van der Waals surface area (Å²) in [7, 11) is 0. The van der Waals surface area contributed by atoms with Crippen LogP contribution in [0.15, 0.2) is 22.7 Å². The minimum absolute atomic E-state index is 0.119. The molecule has 2 aliphatic carbocycles. The number of halogens is 1. The zero-order valence-electron chi connectivity index (χ0n) is 9.97. The van der Waals surface area contributed by atoms with Gasteiger partial charge in [0.15, 0.2) is 0 Å². The van der Waals surface area contributed by atoms with Crippen molar-refractivity contribution in [1.82, 2.24) is 0 Å². The van der Waals surface area contributed by atoms with Crippen LogP contribution in [0.5, 0.6) is 0 Å². The van der Waals surface area contributed by atoms with Crippen LogP contribution < -0.4 is 0 Å². The van der Waals surface area contributed by atoms with Crippen LogP contribution in [0.25, 0.3) is 0 Å². The predicted molar refractivity (Wildman–Crippen MR) is 72.2 cm³/mol. The first kappa shape index (κ1) is 11.5. The lowest BCUT2D eigenvalue weighted by molar-refractivity contribution is -0.126. The first-order valence-corrected chi connectivity index (χ1v) is 7.34. The number of rotatable bonds is 0. The van der Waals surface area contributed by atoms with E-state index in [1.54, 1.807) is 0 Å². The van der Waals surface area contributed by atoms with Gasteiger partial charge in [-0.25, -0.2) is 0 Å². The molecule has 17 heavy (non-hydrogen) atoms. The van der Waals surface area contributed by atoms with Crippen LogP contribution in [-0.2, 0) is 16.6 Å². The van der Waals surface area contributed by atoms with Gasteiger partial charge in [-0.1, -0.05) is 41.3 Å². The summed E-state index contributed by atoms with van der Waals surface area (Å²) < 4.78 is 1.14. The highest BCUT2D eigenvalue weighted by Crippen LogP contribution is 2.45. The van der Waals surface area contributed by atoms with Crippen molar-refractivity contribution in [3.05, 3.63) is 33.8 Å². The van der Waals surface area contributed by atoms with Gasteiger partial charge in [-0.2, -0.15) is 0 Å². The van der Waals surface area contributed by atoms with Crippen molar-refractivity contribution >= 4 is 21.7 Å². The molecule has 0 bridgehead atoms. The predicted octanol–water partition coefficient (Wildman–Crippen LogP) is 4.17. The van der Waals surface area contributed by atoms with Crippen LogP contribution in [0, 0.1) is 0 Å². The van der Waals surface area contributed by atoms with Crippen molar-refractivity contribution in [2.75, 3.05) is 0 Å². The highest BCUT2D eigenvalue weighted by atomic mass is 79.9. The van der Waals surface area contributed by atoms with Crippen LogP contribution in [0.3, 0.4) is 0 Å². The van der Waals surface area contributed by atoms with Crippen LogP contribution in [0.1, 0.15) is 49.7 Å². The van der Waals surface area contributed by atoms with E-state index in [1.807, 2.05) is 0 Å². The lowest BCUT2D eigenvalue weighted by Crippen LogP contribution is -2.41. The number of Topliss-reactive ketones (excluding diaryl/α,β-unsaturated/α-hetero) is 1. The van der Waals surface area contributed by atoms with Gasteiger partial charge in [0.05, 0.1) is 5.41 Å². The second-order valence-electron chi connectivity index (χ2n) is 5.37. The molecule has 3 rings (SSSR count). The van der Waals surface area contributed by atoms with Gasteiger partial charge in [-0.3, -0.25) is 4.79 Å². The summed E-state index contributed by atoms with van der Waals surface area (Å²) in [4.78, 5) is 12.4. The molecule has 0 amide bonds. The van der Waals surface area contributed by atoms with Crippen LogP contribution >= 0.6 is 15.9 Å². The standard InChI is InChI=1S/C15H17BrO/c16-12-5-6-13-11(10-12)4-7-14(17)15(13)8-2-1-3-9-15/h5-6,10H,1-4,7-9H2. The molecule has 1 aromatic carbocycles. The molecule has 2 aliphatic rings. The molecule has 0 aromatic heterocycles. The van der Waals surface area contributed by atoms with Gasteiger partial charge in [-0.15, -0.1) is 0 Å². The molecule has 0 unspecified atom stereocenters. The molecule has 0 aliphatic heterocycles. The smallest absolute Gasteiger partial charge is 0.143 e. The number of fused-ring (bicyclic) bond motifs is 2. The number of carbonyl (C=O) groups excluding carboxylic acids is 1. The number of benzene rings is 1. The van der Waals surface area contributed by atoms with E-state index in [4.69, 9.17) is 0 Å². The molecule has 1 aromatic rings. The summed E-state index contributed by atoms with van der Waals surface area (Å²) in [5, 5.41) is 0. The Bertz CT molecular complexity index is 458. The molecule has 0 N–H and O–H groups in total. The van der Waals surface area contributed by atoms with E-state index < -0.39 is 0 Å². The Balaban J connectivity index is 2.12. The Kier molecular flexibility index (Phi) is 2.86. The maximum absolute atomic E-state index is 12.4. The van der Waals surface area contributed by atoms with Crippen LogP contribution in [0.4, 0.5) is 0 Å². The molecule has 1 fully saturated rings. The van der Waals surface area contributed by atoms with Gasteiger partial charge >= 0.3 is 0 Å². The van der Waals surface area contributed by atoms with Gasteiger partial charge in [0.25, 0.3) is 0 Å². The third-order valence-electron chi connectivity index (χ3n) is 4.45. The zero-order chi connectivity index (χ0) is 11.9. The average Bonchev–Trinajstić information content (AvgIpc) is 2.35. The van der Waals surface area contributed by atoms with Crippen molar-refractivity contribution in [3.8, 4) is 0 Å². The molecular formula is C15H17BrO. The van der Waals surface area contributed by atoms with Gasteiger partial charge in [0.1, 0.15) is 5.78 Å². The largest absolute Gasteiger partial charge is 0.299 e. The lowest BCUT2D eigenvalue weighted by Gasteiger charge is -2.40. The van der Waals surface area contributed by atoms with Gasteiger partial charge in [-0.05, 0) is 42.5 Å². The normalized spacial score (nSPS) is 22.5. The minimum atomic E-state index is -0.119. The summed E-state index contributed by atoms with van der Waals surface area (Å²) in [5.41, 5.74) is 2.60. The fraction of sp³-hybridized carbons (Fsp3) is 0.533. The second-order valence-corrected chi connectivity index (χ2v) is 6.28. The Labute approximate surface area is 111 Å². The Morgan fingerprint density at radius 3 is 2.59 bits per heavy atom. The SMILES string of the molecule is O=C1CCc2cc(Br)ccc2C12CCCCC2. The molecular weight excluding hydrogens is 276 g/mol.